The second-order valence-corrected chi connectivity index (χ2v) is 6.17. The van der Waals surface area contributed by atoms with Crippen LogP contribution < -0.4 is 16.4 Å². The molecule has 0 rings (SSSR count). The summed E-state index contributed by atoms with van der Waals surface area (Å²) in [5.74, 6) is -2.23. The van der Waals surface area contributed by atoms with Gasteiger partial charge in [0.25, 0.3) is 0 Å². The van der Waals surface area contributed by atoms with Gasteiger partial charge >= 0.3 is 5.97 Å². The van der Waals surface area contributed by atoms with Crippen molar-refractivity contribution in [2.45, 2.75) is 25.8 Å². The van der Waals surface area contributed by atoms with Gasteiger partial charge in [0.15, 0.2) is 0 Å². The monoisotopic (exact) mass is 435 g/mol. The van der Waals surface area contributed by atoms with Crippen molar-refractivity contribution >= 4 is 23.6 Å². The third-order valence-electron chi connectivity index (χ3n) is 3.46. The third kappa shape index (κ3) is 17.9. The summed E-state index contributed by atoms with van der Waals surface area (Å²) >= 11 is 0. The molecule has 0 fully saturated rings. The predicted octanol–water partition coefficient (Wildman–Crippen LogP) is -1.93. The molecule has 0 aromatic carbocycles. The second kappa shape index (κ2) is 18.9. The SMILES string of the molecule is CC(=O)CCC(NC(=O)COCCOCCNC(=O)COCCOCCN)C(=O)O. The molecular weight excluding hydrogens is 402 g/mol. The van der Waals surface area contributed by atoms with Gasteiger partial charge in [0.1, 0.15) is 25.0 Å². The van der Waals surface area contributed by atoms with Gasteiger partial charge in [-0.15, -0.1) is 0 Å². The van der Waals surface area contributed by atoms with E-state index in [1.165, 1.54) is 6.92 Å². The molecule has 0 spiro atoms. The number of hydrogen-bond acceptors (Lipinski definition) is 9. The van der Waals surface area contributed by atoms with Gasteiger partial charge in [-0.25, -0.2) is 4.79 Å². The van der Waals surface area contributed by atoms with Crippen molar-refractivity contribution in [3.63, 3.8) is 0 Å². The first kappa shape index (κ1) is 27.9. The summed E-state index contributed by atoms with van der Waals surface area (Å²) in [6.07, 6.45) is 0.0934. The summed E-state index contributed by atoms with van der Waals surface area (Å²) in [5.41, 5.74) is 5.26. The molecule has 0 heterocycles. The van der Waals surface area contributed by atoms with E-state index in [-0.39, 0.29) is 57.6 Å². The number of carbonyl (C=O) groups is 4. The lowest BCUT2D eigenvalue weighted by molar-refractivity contribution is -0.143. The number of hydrogen-bond donors (Lipinski definition) is 4. The summed E-state index contributed by atoms with van der Waals surface area (Å²) < 4.78 is 20.6. The summed E-state index contributed by atoms with van der Waals surface area (Å²) in [4.78, 5) is 45.1. The highest BCUT2D eigenvalue weighted by molar-refractivity contribution is 5.85. The largest absolute Gasteiger partial charge is 0.480 e. The maximum absolute atomic E-state index is 11.7. The number of nitrogens with one attached hydrogen (secondary N) is 2. The molecule has 1 atom stereocenters. The molecule has 0 aromatic rings. The molecule has 12 heteroatoms. The van der Waals surface area contributed by atoms with E-state index in [1.54, 1.807) is 0 Å². The van der Waals surface area contributed by atoms with Crippen molar-refractivity contribution in [3.8, 4) is 0 Å². The zero-order valence-electron chi connectivity index (χ0n) is 17.4. The van der Waals surface area contributed by atoms with E-state index < -0.39 is 17.9 Å². The van der Waals surface area contributed by atoms with E-state index in [4.69, 9.17) is 29.8 Å². The fourth-order valence-corrected chi connectivity index (χ4v) is 2.01. The summed E-state index contributed by atoms with van der Waals surface area (Å²) in [5, 5.41) is 13.9. The quantitative estimate of drug-likeness (QED) is 0.157. The van der Waals surface area contributed by atoms with Crippen LogP contribution in [-0.2, 0) is 38.1 Å². The Bertz CT molecular complexity index is 517. The van der Waals surface area contributed by atoms with Crippen LogP contribution in [0, 0.1) is 0 Å². The zero-order valence-corrected chi connectivity index (χ0v) is 17.4. The van der Waals surface area contributed by atoms with E-state index in [9.17, 15) is 19.2 Å². The van der Waals surface area contributed by atoms with Gasteiger partial charge in [-0.1, -0.05) is 0 Å². The van der Waals surface area contributed by atoms with Crippen LogP contribution in [0.15, 0.2) is 0 Å². The molecule has 30 heavy (non-hydrogen) atoms. The first-order valence-electron chi connectivity index (χ1n) is 9.66. The van der Waals surface area contributed by atoms with Crippen molar-refractivity contribution in [3.05, 3.63) is 0 Å². The van der Waals surface area contributed by atoms with Crippen LogP contribution >= 0.6 is 0 Å². The Balaban J connectivity index is 3.59. The average Bonchev–Trinajstić information content (AvgIpc) is 2.69. The van der Waals surface area contributed by atoms with Gasteiger partial charge in [-0.2, -0.15) is 0 Å². The van der Waals surface area contributed by atoms with Crippen LogP contribution in [0.5, 0.6) is 0 Å². The molecule has 0 aromatic heterocycles. The number of carboxylic acids is 1. The Kier molecular flexibility index (Phi) is 17.5. The van der Waals surface area contributed by atoms with Crippen molar-refractivity contribution in [2.24, 2.45) is 5.73 Å². The van der Waals surface area contributed by atoms with E-state index in [0.29, 0.717) is 32.9 Å². The van der Waals surface area contributed by atoms with Crippen molar-refractivity contribution < 1.29 is 43.2 Å². The van der Waals surface area contributed by atoms with E-state index in [1.807, 2.05) is 0 Å². The van der Waals surface area contributed by atoms with Crippen LogP contribution in [0.2, 0.25) is 0 Å². The summed E-state index contributed by atoms with van der Waals surface area (Å²) in [7, 11) is 0. The number of carbonyl (C=O) groups excluding carboxylic acids is 3. The number of carboxylic acid groups (broad SMARTS) is 1. The molecule has 0 bridgehead atoms. The fourth-order valence-electron chi connectivity index (χ4n) is 2.01. The van der Waals surface area contributed by atoms with Crippen molar-refractivity contribution in [1.82, 2.24) is 10.6 Å². The van der Waals surface area contributed by atoms with Crippen LogP contribution in [0.25, 0.3) is 0 Å². The van der Waals surface area contributed by atoms with Gasteiger partial charge in [0, 0.05) is 19.5 Å². The number of nitrogens with two attached hydrogens (primary N) is 1. The Hall–Kier alpha value is -2.12. The molecule has 2 amide bonds. The number of ketones is 1. The molecule has 5 N–H and O–H groups in total. The van der Waals surface area contributed by atoms with Gasteiger partial charge in [0.2, 0.25) is 11.8 Å². The normalized spacial score (nSPS) is 11.7. The molecule has 0 aliphatic carbocycles. The third-order valence-corrected chi connectivity index (χ3v) is 3.46. The van der Waals surface area contributed by atoms with Crippen LogP contribution in [-0.4, -0.2) is 101 Å². The average molecular weight is 435 g/mol. The minimum absolute atomic E-state index is 0.0261. The zero-order chi connectivity index (χ0) is 22.6. The molecular formula is C18H33N3O9. The van der Waals surface area contributed by atoms with E-state index >= 15 is 0 Å². The van der Waals surface area contributed by atoms with Crippen molar-refractivity contribution in [2.75, 3.05) is 65.9 Å². The first-order chi connectivity index (χ1) is 14.4. The highest BCUT2D eigenvalue weighted by Gasteiger charge is 2.20. The molecule has 174 valence electrons. The number of aliphatic carboxylic acids is 1. The van der Waals surface area contributed by atoms with Gasteiger partial charge in [-0.3, -0.25) is 9.59 Å². The number of amides is 2. The second-order valence-electron chi connectivity index (χ2n) is 6.17. The fraction of sp³-hybridized carbons (Fsp3) is 0.778. The predicted molar refractivity (Wildman–Crippen MR) is 105 cm³/mol. The summed E-state index contributed by atoms with van der Waals surface area (Å²) in [6.45, 7) is 3.39. The van der Waals surface area contributed by atoms with Crippen LogP contribution in [0.3, 0.4) is 0 Å². The summed E-state index contributed by atoms with van der Waals surface area (Å²) in [6, 6.07) is -1.13. The Labute approximate surface area is 175 Å². The number of ether oxygens (including phenoxy) is 4. The maximum atomic E-state index is 11.7. The Morgan fingerprint density at radius 2 is 1.43 bits per heavy atom. The number of rotatable bonds is 20. The lowest BCUT2D eigenvalue weighted by Gasteiger charge is -2.14. The highest BCUT2D eigenvalue weighted by atomic mass is 16.5. The topological polar surface area (TPSA) is 176 Å². The standard InChI is InChI=1S/C18H33N3O9/c1-14(22)2-3-15(18(25)26)21-17(24)13-30-11-9-28-7-5-20-16(23)12-29-10-8-27-6-4-19/h15H,2-13,19H2,1H3,(H,20,23)(H,21,24)(H,25,26). The lowest BCUT2D eigenvalue weighted by atomic mass is 10.1. The van der Waals surface area contributed by atoms with Crippen molar-refractivity contribution in [1.29, 1.82) is 0 Å². The number of Topliss-reactive ketones (excluding diaryl/α,β-unsaturated/α-hetero) is 1. The minimum Gasteiger partial charge on any atom is -0.480 e. The Morgan fingerprint density at radius 1 is 0.867 bits per heavy atom. The molecule has 0 saturated carbocycles. The molecule has 0 aliphatic rings. The minimum atomic E-state index is -1.21. The maximum Gasteiger partial charge on any atom is 0.326 e. The molecule has 12 nitrogen and oxygen atoms in total. The van der Waals surface area contributed by atoms with Crippen LogP contribution in [0.4, 0.5) is 0 Å². The van der Waals surface area contributed by atoms with Gasteiger partial charge in [-0.05, 0) is 13.3 Å². The smallest absolute Gasteiger partial charge is 0.326 e. The first-order valence-corrected chi connectivity index (χ1v) is 9.66. The highest BCUT2D eigenvalue weighted by Crippen LogP contribution is 1.99. The van der Waals surface area contributed by atoms with Gasteiger partial charge < -0.3 is 45.2 Å². The van der Waals surface area contributed by atoms with E-state index in [2.05, 4.69) is 10.6 Å². The lowest BCUT2D eigenvalue weighted by Crippen LogP contribution is -2.42. The Morgan fingerprint density at radius 3 is 2.00 bits per heavy atom. The molecule has 0 radical (unpaired) electrons. The molecule has 0 aliphatic heterocycles. The molecule has 0 saturated heterocycles. The molecule has 1 unspecified atom stereocenters. The van der Waals surface area contributed by atoms with Crippen LogP contribution in [0.1, 0.15) is 19.8 Å². The van der Waals surface area contributed by atoms with Gasteiger partial charge in [0.05, 0.1) is 39.6 Å². The van der Waals surface area contributed by atoms with E-state index in [0.717, 1.165) is 0 Å².